The Hall–Kier alpha value is -3.55. The smallest absolute Gasteiger partial charge is 0.246 e. The summed E-state index contributed by atoms with van der Waals surface area (Å²) in [6, 6.07) is 9.72. The van der Waals surface area contributed by atoms with Gasteiger partial charge in [-0.05, 0) is 56.4 Å². The highest BCUT2D eigenvalue weighted by Crippen LogP contribution is 2.22. The lowest BCUT2D eigenvalue weighted by atomic mass is 9.92. The summed E-state index contributed by atoms with van der Waals surface area (Å²) in [7, 11) is 1.86. The number of likely N-dealkylation sites (tertiary alicyclic amines) is 1. The number of nitrogens with one attached hydrogen (secondary N) is 1. The number of hydrogen-bond donors (Lipinski definition) is 1. The van der Waals surface area contributed by atoms with Crippen LogP contribution in [0.5, 0.6) is 0 Å². The largest absolute Gasteiger partial charge is 0.339 e. The number of aryl methyl sites for hydroxylation is 2. The highest BCUT2D eigenvalue weighted by Gasteiger charge is 2.22. The standard InChI is InChI=1S/C23H27N7O/c1-17-4-3-5-21(27-17)28-22-15-19(24-16-25-22)14-18-9-12-30(13-10-18)23(31)7-6-20-8-11-26-29(20)2/h3-8,11,15-16,18H,9-10,12-14H2,1-2H3,(H,24,25,27,28). The molecule has 1 aliphatic rings. The number of carbonyl (C=O) groups is 1. The third-order valence-corrected chi connectivity index (χ3v) is 5.55. The van der Waals surface area contributed by atoms with Gasteiger partial charge < -0.3 is 10.2 Å². The minimum Gasteiger partial charge on any atom is -0.339 e. The van der Waals surface area contributed by atoms with Crippen molar-refractivity contribution in [3.63, 3.8) is 0 Å². The summed E-state index contributed by atoms with van der Waals surface area (Å²) in [5, 5.41) is 7.36. The van der Waals surface area contributed by atoms with Crippen molar-refractivity contribution in [2.45, 2.75) is 26.2 Å². The van der Waals surface area contributed by atoms with Gasteiger partial charge in [0.1, 0.15) is 18.0 Å². The zero-order chi connectivity index (χ0) is 21.6. The van der Waals surface area contributed by atoms with Gasteiger partial charge in [0.25, 0.3) is 0 Å². The quantitative estimate of drug-likeness (QED) is 0.620. The molecule has 0 aliphatic carbocycles. The second-order valence-corrected chi connectivity index (χ2v) is 7.87. The van der Waals surface area contributed by atoms with Crippen LogP contribution in [0.25, 0.3) is 6.08 Å². The number of piperidine rings is 1. The summed E-state index contributed by atoms with van der Waals surface area (Å²) in [6.45, 7) is 3.49. The molecule has 0 bridgehead atoms. The van der Waals surface area contributed by atoms with Crippen LogP contribution in [0.2, 0.25) is 0 Å². The third-order valence-electron chi connectivity index (χ3n) is 5.55. The van der Waals surface area contributed by atoms with Crippen molar-refractivity contribution in [3.8, 4) is 0 Å². The van der Waals surface area contributed by atoms with Gasteiger partial charge in [-0.15, -0.1) is 0 Å². The van der Waals surface area contributed by atoms with E-state index in [4.69, 9.17) is 0 Å². The van der Waals surface area contributed by atoms with E-state index in [1.54, 1.807) is 23.3 Å². The molecule has 0 aromatic carbocycles. The first kappa shape index (κ1) is 20.7. The Labute approximate surface area is 182 Å². The first-order chi connectivity index (χ1) is 15.1. The number of anilines is 2. The van der Waals surface area contributed by atoms with Crippen molar-refractivity contribution in [1.82, 2.24) is 29.6 Å². The molecule has 4 heterocycles. The van der Waals surface area contributed by atoms with Gasteiger partial charge in [0.15, 0.2) is 0 Å². The van der Waals surface area contributed by atoms with Gasteiger partial charge in [0, 0.05) is 49.9 Å². The summed E-state index contributed by atoms with van der Waals surface area (Å²) < 4.78 is 1.75. The first-order valence-electron chi connectivity index (χ1n) is 10.5. The lowest BCUT2D eigenvalue weighted by Gasteiger charge is -2.31. The molecule has 3 aromatic heterocycles. The predicted octanol–water partition coefficient (Wildman–Crippen LogP) is 3.15. The molecule has 0 radical (unpaired) electrons. The molecule has 1 aliphatic heterocycles. The number of amides is 1. The van der Waals surface area contributed by atoms with Crippen LogP contribution in [0.3, 0.4) is 0 Å². The number of nitrogens with zero attached hydrogens (tertiary/aromatic N) is 6. The lowest BCUT2D eigenvalue weighted by molar-refractivity contribution is -0.127. The molecule has 8 nitrogen and oxygen atoms in total. The molecule has 0 unspecified atom stereocenters. The maximum atomic E-state index is 12.5. The Kier molecular flexibility index (Phi) is 6.35. The average Bonchev–Trinajstić information content (AvgIpc) is 3.17. The predicted molar refractivity (Wildman–Crippen MR) is 120 cm³/mol. The number of rotatable bonds is 6. The van der Waals surface area contributed by atoms with E-state index in [0.29, 0.717) is 5.92 Å². The zero-order valence-corrected chi connectivity index (χ0v) is 17.9. The van der Waals surface area contributed by atoms with Gasteiger partial charge in [-0.2, -0.15) is 5.10 Å². The van der Waals surface area contributed by atoms with Gasteiger partial charge in [-0.1, -0.05) is 6.07 Å². The molecule has 1 fully saturated rings. The number of carbonyl (C=O) groups excluding carboxylic acids is 1. The van der Waals surface area contributed by atoms with Crippen molar-refractivity contribution >= 4 is 23.6 Å². The summed E-state index contributed by atoms with van der Waals surface area (Å²) >= 11 is 0. The van der Waals surface area contributed by atoms with Gasteiger partial charge >= 0.3 is 0 Å². The Morgan fingerprint density at radius 3 is 2.77 bits per heavy atom. The number of pyridine rings is 1. The van der Waals surface area contributed by atoms with Crippen molar-refractivity contribution < 1.29 is 4.79 Å². The van der Waals surface area contributed by atoms with Crippen molar-refractivity contribution in [3.05, 3.63) is 66.0 Å². The lowest BCUT2D eigenvalue weighted by Crippen LogP contribution is -2.38. The van der Waals surface area contributed by atoms with Crippen LogP contribution in [0.1, 0.15) is 29.9 Å². The summed E-state index contributed by atoms with van der Waals surface area (Å²) in [5.41, 5.74) is 2.87. The van der Waals surface area contributed by atoms with Gasteiger partial charge in [0.05, 0.1) is 5.69 Å². The molecule has 4 rings (SSSR count). The van der Waals surface area contributed by atoms with Crippen molar-refractivity contribution in [2.24, 2.45) is 13.0 Å². The van der Waals surface area contributed by atoms with Crippen molar-refractivity contribution in [1.29, 1.82) is 0 Å². The van der Waals surface area contributed by atoms with Crippen molar-refractivity contribution in [2.75, 3.05) is 18.4 Å². The Morgan fingerprint density at radius 2 is 2.03 bits per heavy atom. The van der Waals surface area contributed by atoms with E-state index in [-0.39, 0.29) is 5.91 Å². The fourth-order valence-corrected chi connectivity index (χ4v) is 3.78. The number of hydrogen-bond acceptors (Lipinski definition) is 6. The van der Waals surface area contributed by atoms with E-state index in [1.165, 1.54) is 0 Å². The normalized spacial score (nSPS) is 14.8. The minimum atomic E-state index is 0.0545. The molecule has 0 saturated carbocycles. The third kappa shape index (κ3) is 5.53. The van der Waals surface area contributed by atoms with Gasteiger partial charge in [0.2, 0.25) is 5.91 Å². The van der Waals surface area contributed by atoms with Crippen LogP contribution in [0, 0.1) is 12.8 Å². The molecule has 8 heteroatoms. The van der Waals surface area contributed by atoms with Gasteiger partial charge in [-0.25, -0.2) is 15.0 Å². The van der Waals surface area contributed by atoms with E-state index >= 15 is 0 Å². The molecule has 3 aromatic rings. The Morgan fingerprint density at radius 1 is 1.19 bits per heavy atom. The summed E-state index contributed by atoms with van der Waals surface area (Å²) in [4.78, 5) is 27.6. The second-order valence-electron chi connectivity index (χ2n) is 7.87. The van der Waals surface area contributed by atoms with Crippen LogP contribution in [-0.4, -0.2) is 48.6 Å². The Balaban J connectivity index is 1.29. The van der Waals surface area contributed by atoms with Crippen LogP contribution in [0.4, 0.5) is 11.6 Å². The fraction of sp³-hybridized carbons (Fsp3) is 0.348. The average molecular weight is 418 g/mol. The zero-order valence-electron chi connectivity index (χ0n) is 17.9. The van der Waals surface area contributed by atoms with E-state index in [9.17, 15) is 4.79 Å². The van der Waals surface area contributed by atoms with E-state index in [2.05, 4.69) is 25.4 Å². The molecule has 160 valence electrons. The first-order valence-corrected chi connectivity index (χ1v) is 10.5. The second kappa shape index (κ2) is 9.51. The molecule has 1 saturated heterocycles. The monoisotopic (exact) mass is 417 g/mol. The fourth-order valence-electron chi connectivity index (χ4n) is 3.78. The van der Waals surface area contributed by atoms with Crippen LogP contribution >= 0.6 is 0 Å². The molecule has 1 amide bonds. The van der Waals surface area contributed by atoms with Crippen LogP contribution in [-0.2, 0) is 18.3 Å². The van der Waals surface area contributed by atoms with Crippen LogP contribution in [0.15, 0.2) is 48.9 Å². The van der Waals surface area contributed by atoms with E-state index in [1.807, 2.05) is 55.3 Å². The number of aromatic nitrogens is 5. The molecule has 0 spiro atoms. The molecule has 0 atom stereocenters. The van der Waals surface area contributed by atoms with Gasteiger partial charge in [-0.3, -0.25) is 9.48 Å². The molecule has 1 N–H and O–H groups in total. The maximum absolute atomic E-state index is 12.5. The SMILES string of the molecule is Cc1cccc(Nc2cc(CC3CCN(C(=O)C=Cc4ccnn4C)CC3)ncn2)n1. The summed E-state index contributed by atoms with van der Waals surface area (Å²) in [5.74, 6) is 2.08. The summed E-state index contributed by atoms with van der Waals surface area (Å²) in [6.07, 6.45) is 9.59. The minimum absolute atomic E-state index is 0.0545. The molecular formula is C23H27N7O. The van der Waals surface area contributed by atoms with E-state index in [0.717, 1.165) is 61.1 Å². The highest BCUT2D eigenvalue weighted by atomic mass is 16.2. The maximum Gasteiger partial charge on any atom is 0.246 e. The van der Waals surface area contributed by atoms with Crippen LogP contribution < -0.4 is 5.32 Å². The molecule has 31 heavy (non-hydrogen) atoms. The highest BCUT2D eigenvalue weighted by molar-refractivity contribution is 5.91. The topological polar surface area (TPSA) is 88.8 Å². The van der Waals surface area contributed by atoms with E-state index < -0.39 is 0 Å². The Bertz CT molecular complexity index is 1070. The molecular weight excluding hydrogens is 390 g/mol.